The van der Waals surface area contributed by atoms with Gasteiger partial charge in [-0.3, -0.25) is 4.79 Å². The van der Waals surface area contributed by atoms with Crippen molar-refractivity contribution >= 4 is 21.6 Å². The zero-order valence-electron chi connectivity index (χ0n) is 16.3. The highest BCUT2D eigenvalue weighted by atomic mass is 32.2. The molecule has 8 heteroatoms. The molecule has 3 rings (SSSR count). The van der Waals surface area contributed by atoms with Crippen molar-refractivity contribution in [3.8, 4) is 5.75 Å². The molecule has 0 bridgehead atoms. The summed E-state index contributed by atoms with van der Waals surface area (Å²) in [5, 5.41) is 0. The number of hydrogen-bond acceptors (Lipinski definition) is 4. The average Bonchev–Trinajstić information content (AvgIpc) is 2.73. The van der Waals surface area contributed by atoms with Crippen LogP contribution < -0.4 is 14.4 Å². The van der Waals surface area contributed by atoms with Gasteiger partial charge in [0.1, 0.15) is 11.6 Å². The van der Waals surface area contributed by atoms with Gasteiger partial charge in [-0.2, -0.15) is 0 Å². The highest BCUT2D eigenvalue weighted by molar-refractivity contribution is 7.89. The van der Waals surface area contributed by atoms with Crippen LogP contribution in [-0.4, -0.2) is 34.0 Å². The molecule has 6 nitrogen and oxygen atoms in total. The number of benzene rings is 2. The Hall–Kier alpha value is -2.45. The smallest absolute Gasteiger partial charge is 0.264 e. The van der Waals surface area contributed by atoms with Crippen LogP contribution in [0.1, 0.15) is 32.1 Å². The van der Waals surface area contributed by atoms with Crippen LogP contribution >= 0.6 is 0 Å². The van der Waals surface area contributed by atoms with Crippen LogP contribution in [0.15, 0.2) is 53.4 Å². The summed E-state index contributed by atoms with van der Waals surface area (Å²) in [4.78, 5) is 13.8. The third-order valence-electron chi connectivity index (χ3n) is 5.01. The van der Waals surface area contributed by atoms with Crippen LogP contribution in [0.25, 0.3) is 0 Å². The maximum absolute atomic E-state index is 13.0. The molecule has 156 valence electrons. The number of halogens is 1. The van der Waals surface area contributed by atoms with E-state index in [1.54, 1.807) is 7.05 Å². The molecule has 2 aromatic carbocycles. The topological polar surface area (TPSA) is 75.7 Å². The summed E-state index contributed by atoms with van der Waals surface area (Å²) in [7, 11) is -2.00. The summed E-state index contributed by atoms with van der Waals surface area (Å²) in [6.07, 6.45) is 4.97. The summed E-state index contributed by atoms with van der Waals surface area (Å²) in [5.41, 5.74) is 0.551. The third kappa shape index (κ3) is 5.77. The number of likely N-dealkylation sites (N-methyl/N-ethyl adjacent to an activating group) is 1. The van der Waals surface area contributed by atoms with E-state index in [-0.39, 0.29) is 29.3 Å². The van der Waals surface area contributed by atoms with Gasteiger partial charge in [-0.25, -0.2) is 17.5 Å². The summed E-state index contributed by atoms with van der Waals surface area (Å²) >= 11 is 0. The number of sulfonamides is 1. The van der Waals surface area contributed by atoms with Crippen LogP contribution in [0.5, 0.6) is 5.75 Å². The standard InChI is InChI=1S/C21H25FN2O4S/c1-24(18-9-7-16(22)8-10-18)21(25)15-28-19-11-13-20(14-12-19)29(26,27)23-17-5-3-2-4-6-17/h7-14,17,23H,2-6,15H2,1H3. The van der Waals surface area contributed by atoms with Crippen LogP contribution in [-0.2, 0) is 14.8 Å². The Bertz CT molecular complexity index is 924. The molecular formula is C21H25FN2O4S. The van der Waals surface area contributed by atoms with E-state index in [1.165, 1.54) is 53.4 Å². The number of hydrogen-bond donors (Lipinski definition) is 1. The molecule has 0 unspecified atom stereocenters. The molecule has 0 atom stereocenters. The first-order valence-electron chi connectivity index (χ1n) is 9.62. The minimum absolute atomic E-state index is 0.00991. The van der Waals surface area contributed by atoms with Crippen LogP contribution in [0.4, 0.5) is 10.1 Å². The number of amides is 1. The molecule has 0 aromatic heterocycles. The van der Waals surface area contributed by atoms with Crippen molar-refractivity contribution in [1.82, 2.24) is 4.72 Å². The highest BCUT2D eigenvalue weighted by Crippen LogP contribution is 2.21. The number of nitrogens with zero attached hydrogens (tertiary/aromatic N) is 1. The van der Waals surface area contributed by atoms with Crippen molar-refractivity contribution in [3.05, 3.63) is 54.3 Å². The van der Waals surface area contributed by atoms with E-state index in [4.69, 9.17) is 4.74 Å². The lowest BCUT2D eigenvalue weighted by Crippen LogP contribution is -2.36. The lowest BCUT2D eigenvalue weighted by atomic mass is 9.96. The molecule has 1 aliphatic rings. The first-order valence-corrected chi connectivity index (χ1v) is 11.1. The van der Waals surface area contributed by atoms with Gasteiger partial charge in [0.05, 0.1) is 4.90 Å². The summed E-state index contributed by atoms with van der Waals surface area (Å²) in [6, 6.07) is 11.5. The Morgan fingerprint density at radius 3 is 2.31 bits per heavy atom. The van der Waals surface area contributed by atoms with Crippen molar-refractivity contribution in [2.24, 2.45) is 0 Å². The first kappa shape index (κ1) is 21.3. The molecule has 0 radical (unpaired) electrons. The molecular weight excluding hydrogens is 395 g/mol. The fourth-order valence-electron chi connectivity index (χ4n) is 3.27. The Balaban J connectivity index is 1.55. The molecule has 1 fully saturated rings. The molecule has 1 N–H and O–H groups in total. The Labute approximate surface area is 170 Å². The summed E-state index contributed by atoms with van der Waals surface area (Å²) < 4.78 is 46.2. The van der Waals surface area contributed by atoms with Crippen molar-refractivity contribution in [2.45, 2.75) is 43.0 Å². The second-order valence-electron chi connectivity index (χ2n) is 7.15. The first-order chi connectivity index (χ1) is 13.8. The Morgan fingerprint density at radius 2 is 1.69 bits per heavy atom. The molecule has 0 saturated heterocycles. The van der Waals surface area contributed by atoms with Crippen molar-refractivity contribution in [1.29, 1.82) is 0 Å². The van der Waals surface area contributed by atoms with E-state index in [9.17, 15) is 17.6 Å². The van der Waals surface area contributed by atoms with E-state index in [2.05, 4.69) is 4.72 Å². The minimum Gasteiger partial charge on any atom is -0.484 e. The molecule has 0 spiro atoms. The number of nitrogens with one attached hydrogen (secondary N) is 1. The van der Waals surface area contributed by atoms with E-state index in [0.29, 0.717) is 11.4 Å². The van der Waals surface area contributed by atoms with Gasteiger partial charge >= 0.3 is 0 Å². The highest BCUT2D eigenvalue weighted by Gasteiger charge is 2.22. The molecule has 0 aliphatic heterocycles. The fraction of sp³-hybridized carbons (Fsp3) is 0.381. The van der Waals surface area contributed by atoms with Crippen molar-refractivity contribution in [3.63, 3.8) is 0 Å². The second kappa shape index (κ2) is 9.37. The molecule has 0 heterocycles. The number of rotatable bonds is 7. The quantitative estimate of drug-likeness (QED) is 0.744. The largest absolute Gasteiger partial charge is 0.484 e. The van der Waals surface area contributed by atoms with Gasteiger partial charge in [0.2, 0.25) is 10.0 Å². The minimum atomic E-state index is -3.57. The predicted molar refractivity (Wildman–Crippen MR) is 109 cm³/mol. The zero-order chi connectivity index (χ0) is 20.9. The number of carbonyl (C=O) groups excluding carboxylic acids is 1. The number of anilines is 1. The summed E-state index contributed by atoms with van der Waals surface area (Å²) in [6.45, 7) is -0.222. The lowest BCUT2D eigenvalue weighted by Gasteiger charge is -2.22. The van der Waals surface area contributed by atoms with Crippen molar-refractivity contribution in [2.75, 3.05) is 18.6 Å². The maximum Gasteiger partial charge on any atom is 0.264 e. The van der Waals surface area contributed by atoms with E-state index >= 15 is 0 Å². The van der Waals surface area contributed by atoms with Gasteiger partial charge in [-0.15, -0.1) is 0 Å². The van der Waals surface area contributed by atoms with E-state index in [1.807, 2.05) is 0 Å². The third-order valence-corrected chi connectivity index (χ3v) is 6.55. The maximum atomic E-state index is 13.0. The molecule has 2 aromatic rings. The van der Waals surface area contributed by atoms with Gasteiger partial charge in [0.25, 0.3) is 5.91 Å². The van der Waals surface area contributed by atoms with E-state index < -0.39 is 10.0 Å². The van der Waals surface area contributed by atoms with Crippen LogP contribution in [0.2, 0.25) is 0 Å². The molecule has 1 saturated carbocycles. The Kier molecular flexibility index (Phi) is 6.87. The number of ether oxygens (including phenoxy) is 1. The predicted octanol–water partition coefficient (Wildman–Crippen LogP) is 3.48. The normalized spacial score (nSPS) is 15.1. The summed E-state index contributed by atoms with van der Waals surface area (Å²) in [5.74, 6) is -0.298. The van der Waals surface area contributed by atoms with Gasteiger partial charge in [-0.1, -0.05) is 19.3 Å². The zero-order valence-corrected chi connectivity index (χ0v) is 17.1. The van der Waals surface area contributed by atoms with Gasteiger partial charge < -0.3 is 9.64 Å². The van der Waals surface area contributed by atoms with Crippen LogP contribution in [0, 0.1) is 5.82 Å². The van der Waals surface area contributed by atoms with Gasteiger partial charge in [0.15, 0.2) is 6.61 Å². The monoisotopic (exact) mass is 420 g/mol. The van der Waals surface area contributed by atoms with Crippen molar-refractivity contribution < 1.29 is 22.3 Å². The molecule has 29 heavy (non-hydrogen) atoms. The molecule has 1 aliphatic carbocycles. The fourth-order valence-corrected chi connectivity index (χ4v) is 4.58. The van der Waals surface area contributed by atoms with Crippen LogP contribution in [0.3, 0.4) is 0 Å². The van der Waals surface area contributed by atoms with Gasteiger partial charge in [0, 0.05) is 18.8 Å². The number of carbonyl (C=O) groups is 1. The van der Waals surface area contributed by atoms with E-state index in [0.717, 1.165) is 32.1 Å². The average molecular weight is 421 g/mol. The van der Waals surface area contributed by atoms with Gasteiger partial charge in [-0.05, 0) is 61.4 Å². The second-order valence-corrected chi connectivity index (χ2v) is 8.86. The Morgan fingerprint density at radius 1 is 1.07 bits per heavy atom. The molecule has 1 amide bonds. The lowest BCUT2D eigenvalue weighted by molar-refractivity contribution is -0.120. The SMILES string of the molecule is CN(C(=O)COc1ccc(S(=O)(=O)NC2CCCCC2)cc1)c1ccc(F)cc1.